The van der Waals surface area contributed by atoms with Crippen molar-refractivity contribution in [2.24, 2.45) is 0 Å². The number of methoxy groups -OCH3 is 1. The Labute approximate surface area is 132 Å². The number of aromatic nitrogens is 2. The number of anilines is 2. The van der Waals surface area contributed by atoms with E-state index in [2.05, 4.69) is 9.69 Å². The zero-order chi connectivity index (χ0) is 15.5. The zero-order valence-corrected chi connectivity index (χ0v) is 13.1. The molecule has 0 radical (unpaired) electrons. The predicted molar refractivity (Wildman–Crippen MR) is 88.7 cm³/mol. The van der Waals surface area contributed by atoms with Gasteiger partial charge >= 0.3 is 4.87 Å². The summed E-state index contributed by atoms with van der Waals surface area (Å²) in [5.41, 5.74) is 2.68. The molecule has 1 heterocycles. The second-order valence-electron chi connectivity index (χ2n) is 4.77. The Morgan fingerprint density at radius 2 is 1.86 bits per heavy atom. The highest BCUT2D eigenvalue weighted by atomic mass is 32.1. The van der Waals surface area contributed by atoms with Gasteiger partial charge in [0.1, 0.15) is 5.75 Å². The number of ether oxygens (including phenoxy) is 1. The summed E-state index contributed by atoms with van der Waals surface area (Å²) < 4.78 is 11.1. The first-order chi connectivity index (χ1) is 10.7. The average molecular weight is 313 g/mol. The third-order valence-corrected chi connectivity index (χ3v) is 3.85. The zero-order valence-electron chi connectivity index (χ0n) is 12.2. The van der Waals surface area contributed by atoms with E-state index in [4.69, 9.17) is 4.74 Å². The van der Waals surface area contributed by atoms with Gasteiger partial charge < -0.3 is 10.1 Å². The van der Waals surface area contributed by atoms with Gasteiger partial charge in [-0.05, 0) is 31.2 Å². The van der Waals surface area contributed by atoms with Crippen LogP contribution in [0.15, 0.2) is 53.3 Å². The van der Waals surface area contributed by atoms with Crippen LogP contribution in [0.25, 0.3) is 5.69 Å². The lowest BCUT2D eigenvalue weighted by Gasteiger charge is -2.11. The lowest BCUT2D eigenvalue weighted by Crippen LogP contribution is -2.13. The van der Waals surface area contributed by atoms with Crippen LogP contribution in [0.3, 0.4) is 0 Å². The molecule has 0 amide bonds. The Morgan fingerprint density at radius 1 is 1.14 bits per heavy atom. The number of benzene rings is 2. The highest BCUT2D eigenvalue weighted by Gasteiger charge is 2.12. The van der Waals surface area contributed by atoms with Crippen LogP contribution in [-0.4, -0.2) is 16.1 Å². The number of hydrogen-bond acceptors (Lipinski definition) is 5. The highest BCUT2D eigenvalue weighted by Crippen LogP contribution is 2.27. The molecule has 1 aromatic heterocycles. The van der Waals surface area contributed by atoms with E-state index in [-0.39, 0.29) is 4.87 Å². The summed E-state index contributed by atoms with van der Waals surface area (Å²) in [6, 6.07) is 15.2. The molecule has 0 saturated carbocycles. The second kappa shape index (κ2) is 6.03. The molecule has 0 unspecified atom stereocenters. The van der Waals surface area contributed by atoms with Crippen LogP contribution in [-0.2, 0) is 0 Å². The van der Waals surface area contributed by atoms with Gasteiger partial charge in [-0.15, -0.1) is 0 Å². The van der Waals surface area contributed by atoms with Crippen molar-refractivity contribution in [3.8, 4) is 11.4 Å². The summed E-state index contributed by atoms with van der Waals surface area (Å²) >= 11 is 0.917. The number of hydrogen-bond donors (Lipinski definition) is 1. The van der Waals surface area contributed by atoms with Gasteiger partial charge in [0.2, 0.25) is 5.95 Å². The van der Waals surface area contributed by atoms with Gasteiger partial charge in [0.15, 0.2) is 0 Å². The van der Waals surface area contributed by atoms with Crippen LogP contribution in [0.2, 0.25) is 0 Å². The SMILES string of the molecule is COc1ccccc1Nc1nsc(=O)n1-c1ccc(C)cc1. The molecular weight excluding hydrogens is 298 g/mol. The standard InChI is InChI=1S/C16H15N3O2S/c1-11-7-9-12(10-8-11)19-15(18-22-16(19)20)17-13-5-3-4-6-14(13)21-2/h3-10H,1-2H3,(H,17,18). The van der Waals surface area contributed by atoms with Crippen LogP contribution in [0, 0.1) is 6.92 Å². The minimum atomic E-state index is -0.138. The van der Waals surface area contributed by atoms with Crippen LogP contribution < -0.4 is 14.9 Å². The Hall–Kier alpha value is -2.60. The van der Waals surface area contributed by atoms with Crippen molar-refractivity contribution in [3.05, 3.63) is 63.8 Å². The molecular formula is C16H15N3O2S. The first kappa shape index (κ1) is 14.3. The maximum Gasteiger partial charge on any atom is 0.332 e. The lowest BCUT2D eigenvalue weighted by molar-refractivity contribution is 0.417. The number of rotatable bonds is 4. The van der Waals surface area contributed by atoms with Gasteiger partial charge in [-0.1, -0.05) is 29.8 Å². The number of aryl methyl sites for hydroxylation is 1. The maximum absolute atomic E-state index is 12.1. The smallest absolute Gasteiger partial charge is 0.332 e. The van der Waals surface area contributed by atoms with E-state index in [1.165, 1.54) is 0 Å². The number of nitrogens with one attached hydrogen (secondary N) is 1. The van der Waals surface area contributed by atoms with E-state index in [1.807, 2.05) is 55.5 Å². The molecule has 0 aliphatic heterocycles. The van der Waals surface area contributed by atoms with Crippen molar-refractivity contribution in [3.63, 3.8) is 0 Å². The largest absolute Gasteiger partial charge is 0.495 e. The average Bonchev–Trinajstić information content (AvgIpc) is 2.89. The molecule has 0 fully saturated rings. The van der Waals surface area contributed by atoms with E-state index in [1.54, 1.807) is 11.7 Å². The molecule has 0 bridgehead atoms. The monoisotopic (exact) mass is 313 g/mol. The van der Waals surface area contributed by atoms with Crippen molar-refractivity contribution in [2.45, 2.75) is 6.92 Å². The minimum Gasteiger partial charge on any atom is -0.495 e. The summed E-state index contributed by atoms with van der Waals surface area (Å²) in [4.78, 5) is 12.0. The molecule has 3 aromatic rings. The van der Waals surface area contributed by atoms with E-state index >= 15 is 0 Å². The van der Waals surface area contributed by atoms with Gasteiger partial charge in [0.05, 0.1) is 18.5 Å². The highest BCUT2D eigenvalue weighted by molar-refractivity contribution is 7.03. The Bertz CT molecular complexity index is 837. The van der Waals surface area contributed by atoms with E-state index in [0.717, 1.165) is 28.5 Å². The fraction of sp³-hybridized carbons (Fsp3) is 0.125. The van der Waals surface area contributed by atoms with Gasteiger partial charge in [0.25, 0.3) is 0 Å². The maximum atomic E-state index is 12.1. The molecule has 0 aliphatic rings. The first-order valence-corrected chi connectivity index (χ1v) is 7.52. The second-order valence-corrected chi connectivity index (χ2v) is 5.48. The number of nitrogens with zero attached hydrogens (tertiary/aromatic N) is 2. The topological polar surface area (TPSA) is 56.1 Å². The van der Waals surface area contributed by atoms with Gasteiger partial charge in [0, 0.05) is 11.5 Å². The summed E-state index contributed by atoms with van der Waals surface area (Å²) in [5, 5.41) is 3.16. The van der Waals surface area contributed by atoms with E-state index < -0.39 is 0 Å². The molecule has 1 N–H and O–H groups in total. The molecule has 112 valence electrons. The molecule has 2 aromatic carbocycles. The van der Waals surface area contributed by atoms with Crippen molar-refractivity contribution in [1.82, 2.24) is 8.94 Å². The molecule has 5 nitrogen and oxygen atoms in total. The molecule has 3 rings (SSSR count). The Morgan fingerprint density at radius 3 is 2.59 bits per heavy atom. The third kappa shape index (κ3) is 2.73. The first-order valence-electron chi connectivity index (χ1n) is 6.75. The molecule has 0 aliphatic carbocycles. The van der Waals surface area contributed by atoms with Crippen LogP contribution in [0.1, 0.15) is 5.56 Å². The summed E-state index contributed by atoms with van der Waals surface area (Å²) in [6.07, 6.45) is 0. The van der Waals surface area contributed by atoms with Crippen LogP contribution >= 0.6 is 11.5 Å². The van der Waals surface area contributed by atoms with E-state index in [9.17, 15) is 4.79 Å². The Kier molecular flexibility index (Phi) is 3.93. The third-order valence-electron chi connectivity index (χ3n) is 3.25. The molecule has 6 heteroatoms. The van der Waals surface area contributed by atoms with Crippen molar-refractivity contribution < 1.29 is 4.74 Å². The fourth-order valence-corrected chi connectivity index (χ4v) is 2.68. The quantitative estimate of drug-likeness (QED) is 0.802. The molecule has 22 heavy (non-hydrogen) atoms. The van der Waals surface area contributed by atoms with Gasteiger partial charge in [-0.2, -0.15) is 4.37 Å². The van der Waals surface area contributed by atoms with Gasteiger partial charge in [-0.3, -0.25) is 4.79 Å². The molecule has 0 saturated heterocycles. The summed E-state index contributed by atoms with van der Waals surface area (Å²) in [7, 11) is 1.61. The van der Waals surface area contributed by atoms with Gasteiger partial charge in [-0.25, -0.2) is 4.57 Å². The van der Waals surface area contributed by atoms with Crippen LogP contribution in [0.5, 0.6) is 5.75 Å². The van der Waals surface area contributed by atoms with Crippen LogP contribution in [0.4, 0.5) is 11.6 Å². The normalized spacial score (nSPS) is 10.5. The van der Waals surface area contributed by atoms with E-state index in [0.29, 0.717) is 11.7 Å². The lowest BCUT2D eigenvalue weighted by atomic mass is 10.2. The van der Waals surface area contributed by atoms with Crippen molar-refractivity contribution >= 4 is 23.2 Å². The summed E-state index contributed by atoms with van der Waals surface area (Å²) in [6.45, 7) is 2.01. The predicted octanol–water partition coefficient (Wildman–Crippen LogP) is 3.35. The van der Waals surface area contributed by atoms with Crippen molar-refractivity contribution in [1.29, 1.82) is 0 Å². The minimum absolute atomic E-state index is 0.138. The fourth-order valence-electron chi connectivity index (χ4n) is 2.12. The van der Waals surface area contributed by atoms with Crippen molar-refractivity contribution in [2.75, 3.05) is 12.4 Å². The summed E-state index contributed by atoms with van der Waals surface area (Å²) in [5.74, 6) is 1.17. The molecule has 0 atom stereocenters. The Balaban J connectivity index is 2.02. The number of para-hydroxylation sites is 2. The molecule has 0 spiro atoms.